The summed E-state index contributed by atoms with van der Waals surface area (Å²) >= 11 is 0. The van der Waals surface area contributed by atoms with Crippen molar-refractivity contribution >= 4 is 17.4 Å². The van der Waals surface area contributed by atoms with Crippen molar-refractivity contribution in [2.45, 2.75) is 19.8 Å². The number of H-pyrrole nitrogens is 1. The lowest BCUT2D eigenvalue weighted by Crippen LogP contribution is -2.19. The first-order valence-electron chi connectivity index (χ1n) is 6.43. The van der Waals surface area contributed by atoms with Crippen LogP contribution in [0.25, 0.3) is 0 Å². The van der Waals surface area contributed by atoms with Gasteiger partial charge in [0.15, 0.2) is 5.82 Å². The van der Waals surface area contributed by atoms with Crippen molar-refractivity contribution in [2.24, 2.45) is 0 Å². The van der Waals surface area contributed by atoms with Gasteiger partial charge < -0.3 is 10.6 Å². The Bertz CT molecular complexity index is 618. The highest BCUT2D eigenvalue weighted by Crippen LogP contribution is 2.25. The molecule has 0 fully saturated rings. The normalized spacial score (nSPS) is 13.5. The first-order chi connectivity index (χ1) is 9.24. The Kier molecular flexibility index (Phi) is 2.95. The van der Waals surface area contributed by atoms with E-state index in [1.54, 1.807) is 0 Å². The van der Waals surface area contributed by atoms with Crippen molar-refractivity contribution in [1.29, 1.82) is 0 Å². The van der Waals surface area contributed by atoms with Crippen LogP contribution in [-0.4, -0.2) is 22.6 Å². The number of carbonyl (C=O) groups excluding carboxylic acids is 1. The van der Waals surface area contributed by atoms with Crippen LogP contribution >= 0.6 is 0 Å². The Hall–Kier alpha value is -2.30. The summed E-state index contributed by atoms with van der Waals surface area (Å²) in [4.78, 5) is 12.3. The number of amides is 1. The number of hydrogen-bond donors (Lipinski definition) is 3. The van der Waals surface area contributed by atoms with Gasteiger partial charge in [0.2, 0.25) is 0 Å². The lowest BCUT2D eigenvalue weighted by Gasteiger charge is -2.20. The standard InChI is InChI=1S/C14H16N4O/c1-9-8-13(18-17-9)16-14(19)11-4-2-6-12-10(11)5-3-7-15-12/h2,4,6,8,15H,3,5,7H2,1H3,(H2,16,17,18,19). The van der Waals surface area contributed by atoms with Crippen molar-refractivity contribution in [3.8, 4) is 0 Å². The number of nitrogens with one attached hydrogen (secondary N) is 3. The predicted molar refractivity (Wildman–Crippen MR) is 74.5 cm³/mol. The van der Waals surface area contributed by atoms with Gasteiger partial charge in [-0.1, -0.05) is 6.07 Å². The number of aromatic nitrogens is 2. The summed E-state index contributed by atoms with van der Waals surface area (Å²) in [6.45, 7) is 2.87. The molecule has 0 bridgehead atoms. The Morgan fingerprint density at radius 1 is 1.42 bits per heavy atom. The quantitative estimate of drug-likeness (QED) is 0.772. The van der Waals surface area contributed by atoms with Crippen LogP contribution in [0.5, 0.6) is 0 Å². The average molecular weight is 256 g/mol. The number of aryl methyl sites for hydroxylation is 1. The summed E-state index contributed by atoms with van der Waals surface area (Å²) in [5, 5.41) is 13.0. The van der Waals surface area contributed by atoms with Gasteiger partial charge in [-0.3, -0.25) is 9.89 Å². The van der Waals surface area contributed by atoms with Gasteiger partial charge in [-0.05, 0) is 37.5 Å². The molecule has 2 aromatic rings. The van der Waals surface area contributed by atoms with Crippen LogP contribution in [0, 0.1) is 6.92 Å². The van der Waals surface area contributed by atoms with E-state index in [1.165, 1.54) is 0 Å². The van der Waals surface area contributed by atoms with Crippen molar-refractivity contribution in [3.05, 3.63) is 41.1 Å². The van der Waals surface area contributed by atoms with Gasteiger partial charge in [0, 0.05) is 29.6 Å². The minimum absolute atomic E-state index is 0.105. The summed E-state index contributed by atoms with van der Waals surface area (Å²) in [6, 6.07) is 7.60. The molecule has 98 valence electrons. The second kappa shape index (κ2) is 4.76. The van der Waals surface area contributed by atoms with Crippen molar-refractivity contribution in [1.82, 2.24) is 10.2 Å². The molecule has 1 aromatic heterocycles. The zero-order chi connectivity index (χ0) is 13.2. The molecule has 1 aliphatic heterocycles. The number of hydrogen-bond acceptors (Lipinski definition) is 3. The third-order valence-corrected chi connectivity index (χ3v) is 3.29. The van der Waals surface area contributed by atoms with E-state index >= 15 is 0 Å². The Balaban J connectivity index is 1.87. The molecule has 0 radical (unpaired) electrons. The van der Waals surface area contributed by atoms with Crippen LogP contribution in [0.2, 0.25) is 0 Å². The summed E-state index contributed by atoms with van der Waals surface area (Å²) in [7, 11) is 0. The van der Waals surface area contributed by atoms with Crippen molar-refractivity contribution < 1.29 is 4.79 Å². The fourth-order valence-corrected chi connectivity index (χ4v) is 2.39. The average Bonchev–Trinajstić information content (AvgIpc) is 2.83. The van der Waals surface area contributed by atoms with Gasteiger partial charge in [0.25, 0.3) is 5.91 Å². The highest BCUT2D eigenvalue weighted by molar-refractivity contribution is 6.05. The Morgan fingerprint density at radius 2 is 2.32 bits per heavy atom. The van der Waals surface area contributed by atoms with Gasteiger partial charge in [-0.2, -0.15) is 5.10 Å². The minimum Gasteiger partial charge on any atom is -0.385 e. The van der Waals surface area contributed by atoms with Crippen molar-refractivity contribution in [2.75, 3.05) is 17.2 Å². The fraction of sp³-hybridized carbons (Fsp3) is 0.286. The first-order valence-corrected chi connectivity index (χ1v) is 6.43. The monoisotopic (exact) mass is 256 g/mol. The third-order valence-electron chi connectivity index (χ3n) is 3.29. The minimum atomic E-state index is -0.105. The van der Waals surface area contributed by atoms with Crippen LogP contribution in [0.1, 0.15) is 28.0 Å². The third kappa shape index (κ3) is 2.31. The summed E-state index contributed by atoms with van der Waals surface area (Å²) in [5.41, 5.74) is 3.81. The molecule has 19 heavy (non-hydrogen) atoms. The maximum atomic E-state index is 12.3. The number of carbonyl (C=O) groups is 1. The van der Waals surface area contributed by atoms with Gasteiger partial charge in [-0.15, -0.1) is 0 Å². The van der Waals surface area contributed by atoms with E-state index in [1.807, 2.05) is 31.2 Å². The smallest absolute Gasteiger partial charge is 0.257 e. The number of anilines is 2. The van der Waals surface area contributed by atoms with Gasteiger partial charge in [0.1, 0.15) is 0 Å². The SMILES string of the molecule is Cc1cc(NC(=O)c2cccc3c2CCCN3)n[nH]1. The molecule has 1 amide bonds. The predicted octanol–water partition coefficient (Wildman–Crippen LogP) is 2.33. The van der Waals surface area contributed by atoms with E-state index in [0.29, 0.717) is 5.82 Å². The largest absolute Gasteiger partial charge is 0.385 e. The molecule has 5 heteroatoms. The topological polar surface area (TPSA) is 69.8 Å². The maximum absolute atomic E-state index is 12.3. The number of nitrogens with zero attached hydrogens (tertiary/aromatic N) is 1. The molecule has 5 nitrogen and oxygen atoms in total. The molecule has 3 rings (SSSR count). The molecule has 0 unspecified atom stereocenters. The van der Waals surface area contributed by atoms with Crippen molar-refractivity contribution in [3.63, 3.8) is 0 Å². The Morgan fingerprint density at radius 3 is 3.11 bits per heavy atom. The second-order valence-electron chi connectivity index (χ2n) is 4.75. The molecule has 1 aliphatic rings. The lowest BCUT2D eigenvalue weighted by molar-refractivity contribution is 0.102. The summed E-state index contributed by atoms with van der Waals surface area (Å²) < 4.78 is 0. The van der Waals surface area contributed by atoms with E-state index in [0.717, 1.165) is 41.9 Å². The molecular formula is C14H16N4O. The van der Waals surface area contributed by atoms with Crippen LogP contribution in [-0.2, 0) is 6.42 Å². The molecule has 0 spiro atoms. The van der Waals surface area contributed by atoms with Gasteiger partial charge in [-0.25, -0.2) is 0 Å². The Labute approximate surface area is 111 Å². The molecule has 1 aromatic carbocycles. The number of aromatic amines is 1. The van der Waals surface area contributed by atoms with E-state index < -0.39 is 0 Å². The number of fused-ring (bicyclic) bond motifs is 1. The zero-order valence-corrected chi connectivity index (χ0v) is 10.8. The van der Waals surface area contributed by atoms with Crippen LogP contribution in [0.15, 0.2) is 24.3 Å². The molecule has 0 saturated carbocycles. The van der Waals surface area contributed by atoms with Gasteiger partial charge >= 0.3 is 0 Å². The molecule has 0 aliphatic carbocycles. The molecule has 0 saturated heterocycles. The molecule has 3 N–H and O–H groups in total. The number of rotatable bonds is 2. The zero-order valence-electron chi connectivity index (χ0n) is 10.8. The highest BCUT2D eigenvalue weighted by atomic mass is 16.1. The van der Waals surface area contributed by atoms with Crippen LogP contribution in [0.3, 0.4) is 0 Å². The molecule has 0 atom stereocenters. The second-order valence-corrected chi connectivity index (χ2v) is 4.75. The van der Waals surface area contributed by atoms with Gasteiger partial charge in [0.05, 0.1) is 0 Å². The maximum Gasteiger partial charge on any atom is 0.257 e. The summed E-state index contributed by atoms with van der Waals surface area (Å²) in [6.07, 6.45) is 1.99. The molecule has 2 heterocycles. The van der Waals surface area contributed by atoms with Crippen LogP contribution in [0.4, 0.5) is 11.5 Å². The highest BCUT2D eigenvalue weighted by Gasteiger charge is 2.17. The van der Waals surface area contributed by atoms with E-state index in [4.69, 9.17) is 0 Å². The van der Waals surface area contributed by atoms with E-state index in [2.05, 4.69) is 20.8 Å². The van der Waals surface area contributed by atoms with E-state index in [-0.39, 0.29) is 5.91 Å². The first kappa shape index (κ1) is 11.8. The number of benzene rings is 1. The lowest BCUT2D eigenvalue weighted by atomic mass is 9.97. The summed E-state index contributed by atoms with van der Waals surface area (Å²) in [5.74, 6) is 0.455. The van der Waals surface area contributed by atoms with E-state index in [9.17, 15) is 4.79 Å². The van der Waals surface area contributed by atoms with Crippen LogP contribution < -0.4 is 10.6 Å². The fourth-order valence-electron chi connectivity index (χ4n) is 2.39. The molecular weight excluding hydrogens is 240 g/mol.